The third kappa shape index (κ3) is 2.88. The van der Waals surface area contributed by atoms with Crippen LogP contribution in [0.15, 0.2) is 46.9 Å². The number of halogens is 2. The minimum atomic E-state index is -0.293. The predicted molar refractivity (Wildman–Crippen MR) is 72.6 cm³/mol. The first kappa shape index (κ1) is 12.6. The number of nitriles is 1. The SMILES string of the molecule is N#Cc1ccc(CNc2c(F)cccc2Br)cc1. The number of nitrogens with one attached hydrogen (secondary N) is 1. The van der Waals surface area contributed by atoms with E-state index in [0.29, 0.717) is 22.3 Å². The zero-order chi connectivity index (χ0) is 13.0. The minimum absolute atomic E-state index is 0.293. The van der Waals surface area contributed by atoms with Crippen LogP contribution in [0.1, 0.15) is 11.1 Å². The van der Waals surface area contributed by atoms with Gasteiger partial charge in [-0.2, -0.15) is 5.26 Å². The van der Waals surface area contributed by atoms with Crippen molar-refractivity contribution in [3.8, 4) is 6.07 Å². The summed E-state index contributed by atoms with van der Waals surface area (Å²) in [4.78, 5) is 0. The van der Waals surface area contributed by atoms with Crippen molar-refractivity contribution in [3.63, 3.8) is 0 Å². The molecule has 0 aliphatic rings. The average molecular weight is 305 g/mol. The Morgan fingerprint density at radius 1 is 1.17 bits per heavy atom. The monoisotopic (exact) mass is 304 g/mol. The lowest BCUT2D eigenvalue weighted by atomic mass is 10.1. The first-order chi connectivity index (χ1) is 8.70. The fraction of sp³-hybridized carbons (Fsp3) is 0.0714. The van der Waals surface area contributed by atoms with Crippen LogP contribution in [0.2, 0.25) is 0 Å². The lowest BCUT2D eigenvalue weighted by Gasteiger charge is -2.09. The highest BCUT2D eigenvalue weighted by molar-refractivity contribution is 9.10. The van der Waals surface area contributed by atoms with E-state index in [1.807, 2.05) is 12.1 Å². The van der Waals surface area contributed by atoms with Crippen LogP contribution in [-0.4, -0.2) is 0 Å². The van der Waals surface area contributed by atoms with Gasteiger partial charge in [-0.1, -0.05) is 18.2 Å². The molecule has 4 heteroatoms. The van der Waals surface area contributed by atoms with Crippen LogP contribution >= 0.6 is 15.9 Å². The van der Waals surface area contributed by atoms with Gasteiger partial charge in [0.25, 0.3) is 0 Å². The summed E-state index contributed by atoms with van der Waals surface area (Å²) in [5.41, 5.74) is 2.05. The van der Waals surface area contributed by atoms with Gasteiger partial charge >= 0.3 is 0 Å². The number of hydrogen-bond acceptors (Lipinski definition) is 2. The third-order valence-corrected chi connectivity index (χ3v) is 3.18. The Kier molecular flexibility index (Phi) is 3.96. The number of nitrogens with zero attached hydrogens (tertiary/aromatic N) is 1. The highest BCUT2D eigenvalue weighted by Gasteiger charge is 2.05. The molecule has 2 rings (SSSR count). The first-order valence-electron chi connectivity index (χ1n) is 5.37. The Morgan fingerprint density at radius 2 is 1.89 bits per heavy atom. The van der Waals surface area contributed by atoms with Crippen molar-refractivity contribution in [2.75, 3.05) is 5.32 Å². The van der Waals surface area contributed by atoms with E-state index in [1.165, 1.54) is 6.07 Å². The van der Waals surface area contributed by atoms with Gasteiger partial charge in [0.1, 0.15) is 5.82 Å². The summed E-state index contributed by atoms with van der Waals surface area (Å²) in [6.07, 6.45) is 0. The zero-order valence-electron chi connectivity index (χ0n) is 9.45. The van der Waals surface area contributed by atoms with Crippen LogP contribution < -0.4 is 5.32 Å². The van der Waals surface area contributed by atoms with Gasteiger partial charge in [0.05, 0.1) is 17.3 Å². The van der Waals surface area contributed by atoms with Gasteiger partial charge < -0.3 is 5.32 Å². The fourth-order valence-corrected chi connectivity index (χ4v) is 2.04. The van der Waals surface area contributed by atoms with Crippen molar-refractivity contribution in [1.29, 1.82) is 5.26 Å². The first-order valence-corrected chi connectivity index (χ1v) is 6.17. The molecule has 0 aliphatic heterocycles. The lowest BCUT2D eigenvalue weighted by molar-refractivity contribution is 0.629. The maximum Gasteiger partial charge on any atom is 0.147 e. The molecule has 0 spiro atoms. The highest BCUT2D eigenvalue weighted by Crippen LogP contribution is 2.25. The topological polar surface area (TPSA) is 35.8 Å². The van der Waals surface area contributed by atoms with Gasteiger partial charge in [0.2, 0.25) is 0 Å². The number of hydrogen-bond donors (Lipinski definition) is 1. The summed E-state index contributed by atoms with van der Waals surface area (Å²) in [7, 11) is 0. The Morgan fingerprint density at radius 3 is 2.50 bits per heavy atom. The Balaban J connectivity index is 2.09. The molecule has 0 aromatic heterocycles. The number of rotatable bonds is 3. The minimum Gasteiger partial charge on any atom is -0.378 e. The van der Waals surface area contributed by atoms with Crippen molar-refractivity contribution >= 4 is 21.6 Å². The quantitative estimate of drug-likeness (QED) is 0.927. The summed E-state index contributed by atoms with van der Waals surface area (Å²) in [6, 6.07) is 14.1. The van der Waals surface area contributed by atoms with Crippen LogP contribution in [-0.2, 0) is 6.54 Å². The van der Waals surface area contributed by atoms with E-state index < -0.39 is 0 Å². The van der Waals surface area contributed by atoms with E-state index in [4.69, 9.17) is 5.26 Å². The predicted octanol–water partition coefficient (Wildman–Crippen LogP) is 4.07. The number of para-hydroxylation sites is 1. The molecule has 0 fully saturated rings. The van der Waals surface area contributed by atoms with E-state index in [9.17, 15) is 4.39 Å². The van der Waals surface area contributed by atoms with E-state index in [-0.39, 0.29) is 5.82 Å². The maximum absolute atomic E-state index is 13.5. The smallest absolute Gasteiger partial charge is 0.147 e. The van der Waals surface area contributed by atoms with Crippen LogP contribution in [0.25, 0.3) is 0 Å². The molecule has 0 saturated carbocycles. The third-order valence-electron chi connectivity index (χ3n) is 2.52. The van der Waals surface area contributed by atoms with Gasteiger partial charge in [-0.3, -0.25) is 0 Å². The molecular formula is C14H10BrFN2. The van der Waals surface area contributed by atoms with Crippen LogP contribution in [0.4, 0.5) is 10.1 Å². The second-order valence-corrected chi connectivity index (χ2v) is 4.61. The summed E-state index contributed by atoms with van der Waals surface area (Å²) < 4.78 is 14.2. The number of benzene rings is 2. The molecule has 0 aliphatic carbocycles. The van der Waals surface area contributed by atoms with E-state index in [2.05, 4.69) is 27.3 Å². The van der Waals surface area contributed by atoms with Gasteiger partial charge in [0.15, 0.2) is 0 Å². The molecule has 0 unspecified atom stereocenters. The Hall–Kier alpha value is -1.86. The molecule has 0 bridgehead atoms. The fourth-order valence-electron chi connectivity index (χ4n) is 1.55. The van der Waals surface area contributed by atoms with Crippen LogP contribution in [0.5, 0.6) is 0 Å². The molecular weight excluding hydrogens is 295 g/mol. The van der Waals surface area contributed by atoms with Gasteiger partial charge in [-0.15, -0.1) is 0 Å². The molecule has 2 aromatic carbocycles. The molecule has 18 heavy (non-hydrogen) atoms. The molecule has 2 aromatic rings. The highest BCUT2D eigenvalue weighted by atomic mass is 79.9. The van der Waals surface area contributed by atoms with E-state index in [1.54, 1.807) is 24.3 Å². The molecule has 90 valence electrons. The molecule has 0 atom stereocenters. The van der Waals surface area contributed by atoms with Gasteiger partial charge in [-0.25, -0.2) is 4.39 Å². The van der Waals surface area contributed by atoms with Crippen molar-refractivity contribution in [2.24, 2.45) is 0 Å². The van der Waals surface area contributed by atoms with Gasteiger partial charge in [-0.05, 0) is 45.8 Å². The van der Waals surface area contributed by atoms with Crippen molar-refractivity contribution in [1.82, 2.24) is 0 Å². The zero-order valence-corrected chi connectivity index (χ0v) is 11.0. The van der Waals surface area contributed by atoms with Gasteiger partial charge in [0, 0.05) is 11.0 Å². The Bertz CT molecular complexity index is 567. The standard InChI is InChI=1S/C14H10BrFN2/c15-12-2-1-3-13(16)14(12)18-9-11-6-4-10(8-17)5-7-11/h1-7,18H,9H2. The number of anilines is 1. The molecule has 1 N–H and O–H groups in total. The average Bonchev–Trinajstić information content (AvgIpc) is 2.39. The molecule has 0 heterocycles. The van der Waals surface area contributed by atoms with E-state index in [0.717, 1.165) is 5.56 Å². The normalized spacial score (nSPS) is 9.83. The van der Waals surface area contributed by atoms with Crippen molar-refractivity contribution in [2.45, 2.75) is 6.54 Å². The lowest BCUT2D eigenvalue weighted by Crippen LogP contribution is -2.02. The van der Waals surface area contributed by atoms with Crippen LogP contribution in [0, 0.1) is 17.1 Å². The second kappa shape index (κ2) is 5.65. The molecule has 0 amide bonds. The van der Waals surface area contributed by atoms with Crippen molar-refractivity contribution in [3.05, 3.63) is 63.9 Å². The molecule has 0 radical (unpaired) electrons. The van der Waals surface area contributed by atoms with Crippen LogP contribution in [0.3, 0.4) is 0 Å². The summed E-state index contributed by atoms with van der Waals surface area (Å²) in [5.74, 6) is -0.293. The summed E-state index contributed by atoms with van der Waals surface area (Å²) in [6.45, 7) is 0.505. The second-order valence-electron chi connectivity index (χ2n) is 3.76. The molecule has 0 saturated heterocycles. The summed E-state index contributed by atoms with van der Waals surface area (Å²) >= 11 is 3.30. The molecule has 2 nitrogen and oxygen atoms in total. The summed E-state index contributed by atoms with van der Waals surface area (Å²) in [5, 5.41) is 11.7. The largest absolute Gasteiger partial charge is 0.378 e. The Labute approximate surface area is 113 Å². The van der Waals surface area contributed by atoms with Crippen molar-refractivity contribution < 1.29 is 4.39 Å². The maximum atomic E-state index is 13.5. The van der Waals surface area contributed by atoms with E-state index >= 15 is 0 Å².